The zero-order valence-corrected chi connectivity index (χ0v) is 16.6. The largest absolute Gasteiger partial charge is 0.457 e. The fourth-order valence-corrected chi connectivity index (χ4v) is 3.03. The minimum absolute atomic E-state index is 0.671. The quantitative estimate of drug-likeness (QED) is 0.324. The number of benzene rings is 2. The van der Waals surface area contributed by atoms with Crippen molar-refractivity contribution in [1.82, 2.24) is 4.90 Å². The highest BCUT2D eigenvalue weighted by Crippen LogP contribution is 2.33. The molecular formula is C18H20ClIN2O. The van der Waals surface area contributed by atoms with E-state index in [9.17, 15) is 0 Å². The van der Waals surface area contributed by atoms with Crippen LogP contribution in [-0.4, -0.2) is 24.8 Å². The van der Waals surface area contributed by atoms with Crippen LogP contribution in [0.15, 0.2) is 35.3 Å². The molecule has 122 valence electrons. The van der Waals surface area contributed by atoms with Crippen molar-refractivity contribution in [2.75, 3.05) is 13.6 Å². The van der Waals surface area contributed by atoms with Gasteiger partial charge in [0.15, 0.2) is 0 Å². The van der Waals surface area contributed by atoms with Gasteiger partial charge < -0.3 is 9.64 Å². The molecular weight excluding hydrogens is 423 g/mol. The van der Waals surface area contributed by atoms with Crippen LogP contribution < -0.4 is 4.74 Å². The van der Waals surface area contributed by atoms with Gasteiger partial charge in [-0.2, -0.15) is 0 Å². The highest BCUT2D eigenvalue weighted by atomic mass is 127. The smallest absolute Gasteiger partial charge is 0.130 e. The fourth-order valence-electron chi connectivity index (χ4n) is 1.98. The number of hydrogen-bond acceptors (Lipinski definition) is 2. The summed E-state index contributed by atoms with van der Waals surface area (Å²) in [6, 6.07) is 9.74. The van der Waals surface area contributed by atoms with Crippen molar-refractivity contribution in [3.05, 3.63) is 50.1 Å². The predicted octanol–water partition coefficient (Wildman–Crippen LogP) is 5.97. The Bertz CT molecular complexity index is 711. The Morgan fingerprint density at radius 2 is 1.91 bits per heavy atom. The Morgan fingerprint density at radius 3 is 2.57 bits per heavy atom. The third-order valence-corrected chi connectivity index (χ3v) is 4.29. The number of nitrogens with zero attached hydrogens (tertiary/aromatic N) is 2. The third kappa shape index (κ3) is 5.11. The van der Waals surface area contributed by atoms with Gasteiger partial charge in [-0.05, 0) is 84.8 Å². The second-order valence-electron chi connectivity index (χ2n) is 5.43. The summed E-state index contributed by atoms with van der Waals surface area (Å²) in [4.78, 5) is 6.57. The number of halogens is 2. The summed E-state index contributed by atoms with van der Waals surface area (Å²) in [7, 11) is 2.00. The Labute approximate surface area is 156 Å². The summed E-state index contributed by atoms with van der Waals surface area (Å²) in [5, 5.41) is 0.671. The third-order valence-electron chi connectivity index (χ3n) is 3.45. The molecule has 0 unspecified atom stereocenters. The van der Waals surface area contributed by atoms with Crippen LogP contribution in [0.1, 0.15) is 18.1 Å². The normalized spacial score (nSPS) is 11.0. The average Bonchev–Trinajstić information content (AvgIpc) is 2.47. The molecule has 2 aromatic carbocycles. The highest BCUT2D eigenvalue weighted by molar-refractivity contribution is 14.1. The number of aryl methyl sites for hydroxylation is 2. The van der Waals surface area contributed by atoms with Crippen molar-refractivity contribution in [3.8, 4) is 11.5 Å². The zero-order valence-electron chi connectivity index (χ0n) is 13.7. The molecule has 0 spiro atoms. The Morgan fingerprint density at radius 1 is 1.17 bits per heavy atom. The van der Waals surface area contributed by atoms with E-state index in [2.05, 4.69) is 34.5 Å². The van der Waals surface area contributed by atoms with Crippen LogP contribution in [-0.2, 0) is 0 Å². The van der Waals surface area contributed by atoms with E-state index in [0.717, 1.165) is 38.4 Å². The lowest BCUT2D eigenvalue weighted by atomic mass is 10.1. The highest BCUT2D eigenvalue weighted by Gasteiger charge is 2.07. The van der Waals surface area contributed by atoms with E-state index in [-0.39, 0.29) is 0 Å². The molecule has 0 saturated heterocycles. The van der Waals surface area contributed by atoms with E-state index < -0.39 is 0 Å². The maximum atomic E-state index is 6.09. The van der Waals surface area contributed by atoms with E-state index in [1.54, 1.807) is 0 Å². The Kier molecular flexibility index (Phi) is 6.30. The number of rotatable bonds is 5. The first-order valence-corrected chi connectivity index (χ1v) is 8.84. The van der Waals surface area contributed by atoms with Crippen LogP contribution in [0.4, 0.5) is 5.69 Å². The van der Waals surface area contributed by atoms with Gasteiger partial charge >= 0.3 is 0 Å². The summed E-state index contributed by atoms with van der Waals surface area (Å²) in [5.41, 5.74) is 3.07. The number of hydrogen-bond donors (Lipinski definition) is 0. The van der Waals surface area contributed by atoms with Crippen LogP contribution in [0.25, 0.3) is 0 Å². The molecule has 0 amide bonds. The molecule has 0 aliphatic carbocycles. The van der Waals surface area contributed by atoms with Crippen LogP contribution in [0.3, 0.4) is 0 Å². The molecule has 0 bridgehead atoms. The van der Waals surface area contributed by atoms with E-state index >= 15 is 0 Å². The van der Waals surface area contributed by atoms with Crippen LogP contribution in [0.2, 0.25) is 5.02 Å². The molecule has 0 atom stereocenters. The van der Waals surface area contributed by atoms with Crippen LogP contribution >= 0.6 is 34.2 Å². The summed E-state index contributed by atoms with van der Waals surface area (Å²) < 4.78 is 7.05. The molecule has 0 aliphatic heterocycles. The maximum Gasteiger partial charge on any atom is 0.130 e. The first-order chi connectivity index (χ1) is 10.9. The van der Waals surface area contributed by atoms with Gasteiger partial charge in [-0.3, -0.25) is 0 Å². The minimum atomic E-state index is 0.671. The van der Waals surface area contributed by atoms with E-state index in [4.69, 9.17) is 16.3 Å². The molecule has 0 N–H and O–H groups in total. The standard InChI is InChI=1S/C18H20ClIN2O/c1-5-22(4)11-21-17-6-13(3)18(7-12(17)2)23-16-9-14(19)8-15(20)10-16/h6-11H,5H2,1-4H3/b21-11+. The Balaban J connectivity index is 2.27. The lowest BCUT2D eigenvalue weighted by Crippen LogP contribution is -2.14. The Hall–Kier alpha value is -1.27. The first-order valence-electron chi connectivity index (χ1n) is 7.38. The minimum Gasteiger partial charge on any atom is -0.457 e. The van der Waals surface area contributed by atoms with Gasteiger partial charge in [0, 0.05) is 22.2 Å². The van der Waals surface area contributed by atoms with E-state index in [1.165, 1.54) is 0 Å². The molecule has 2 rings (SSSR count). The van der Waals surface area contributed by atoms with Crippen LogP contribution in [0.5, 0.6) is 11.5 Å². The number of aliphatic imine (C=N–C) groups is 1. The van der Waals surface area contributed by atoms with Gasteiger partial charge in [0.2, 0.25) is 0 Å². The molecule has 0 saturated carbocycles. The maximum absolute atomic E-state index is 6.09. The van der Waals surface area contributed by atoms with E-state index in [0.29, 0.717) is 5.02 Å². The van der Waals surface area contributed by atoms with Crippen molar-refractivity contribution in [2.24, 2.45) is 4.99 Å². The summed E-state index contributed by atoms with van der Waals surface area (Å²) in [6.45, 7) is 7.07. The van der Waals surface area contributed by atoms with Crippen molar-refractivity contribution in [3.63, 3.8) is 0 Å². The molecule has 0 aromatic heterocycles. The van der Waals surface area contributed by atoms with Gasteiger partial charge in [0.05, 0.1) is 12.0 Å². The van der Waals surface area contributed by atoms with Gasteiger partial charge in [-0.25, -0.2) is 4.99 Å². The fraction of sp³-hybridized carbons (Fsp3) is 0.278. The summed E-state index contributed by atoms with van der Waals surface area (Å²) >= 11 is 8.32. The van der Waals surface area contributed by atoms with E-state index in [1.807, 2.05) is 62.5 Å². The van der Waals surface area contributed by atoms with Crippen LogP contribution in [0, 0.1) is 17.4 Å². The van der Waals surface area contributed by atoms with Crippen molar-refractivity contribution >= 4 is 46.2 Å². The molecule has 0 aliphatic rings. The lowest BCUT2D eigenvalue weighted by Gasteiger charge is -2.13. The SMILES string of the molecule is CCN(C)/C=N/c1cc(C)c(Oc2cc(Cl)cc(I)c2)cc1C. The van der Waals surface area contributed by atoms with Crippen molar-refractivity contribution in [1.29, 1.82) is 0 Å². The summed E-state index contributed by atoms with van der Waals surface area (Å²) in [5.74, 6) is 1.56. The molecule has 23 heavy (non-hydrogen) atoms. The molecule has 5 heteroatoms. The zero-order chi connectivity index (χ0) is 17.0. The average molecular weight is 443 g/mol. The first kappa shape index (κ1) is 18.1. The van der Waals surface area contributed by atoms with Crippen molar-refractivity contribution in [2.45, 2.75) is 20.8 Å². The monoisotopic (exact) mass is 442 g/mol. The lowest BCUT2D eigenvalue weighted by molar-refractivity contribution is 0.478. The molecule has 3 nitrogen and oxygen atoms in total. The molecule has 0 radical (unpaired) electrons. The second-order valence-corrected chi connectivity index (χ2v) is 7.11. The molecule has 0 heterocycles. The van der Waals surface area contributed by atoms with Gasteiger partial charge in [-0.1, -0.05) is 11.6 Å². The molecule has 0 fully saturated rings. The predicted molar refractivity (Wildman–Crippen MR) is 107 cm³/mol. The van der Waals surface area contributed by atoms with Crippen molar-refractivity contribution < 1.29 is 4.74 Å². The second kappa shape index (κ2) is 8.02. The summed E-state index contributed by atoms with van der Waals surface area (Å²) in [6.07, 6.45) is 1.85. The van der Waals surface area contributed by atoms with Gasteiger partial charge in [0.1, 0.15) is 11.5 Å². The molecule has 2 aromatic rings. The van der Waals surface area contributed by atoms with Gasteiger partial charge in [-0.15, -0.1) is 0 Å². The topological polar surface area (TPSA) is 24.8 Å². The van der Waals surface area contributed by atoms with Gasteiger partial charge in [0.25, 0.3) is 0 Å². The number of ether oxygens (including phenoxy) is 1.